The summed E-state index contributed by atoms with van der Waals surface area (Å²) < 4.78 is 4.90. The van der Waals surface area contributed by atoms with Crippen molar-refractivity contribution in [3.8, 4) is 0 Å². The number of oxazole rings is 1. The lowest BCUT2D eigenvalue weighted by atomic mass is 10.1. The fraction of sp³-hybridized carbons (Fsp3) is 0.250. The molecule has 8 nitrogen and oxygen atoms in total. The van der Waals surface area contributed by atoms with Gasteiger partial charge in [-0.3, -0.25) is 9.78 Å². The molecule has 4 rings (SSSR count). The second kappa shape index (κ2) is 4.26. The van der Waals surface area contributed by atoms with Crippen LogP contribution in [0.4, 0.5) is 0 Å². The molecule has 0 spiro atoms. The van der Waals surface area contributed by atoms with Crippen LogP contribution in [0.5, 0.6) is 0 Å². The summed E-state index contributed by atoms with van der Waals surface area (Å²) in [5.41, 5.74) is 1.09. The Labute approximate surface area is 121 Å². The number of halogens is 1. The first-order valence-corrected chi connectivity index (χ1v) is 6.61. The molecular formula is C12H8ClN5O3. The van der Waals surface area contributed by atoms with Crippen molar-refractivity contribution in [1.82, 2.24) is 25.6 Å². The Hall–Kier alpha value is -2.48. The third-order valence-corrected chi connectivity index (χ3v) is 3.86. The Morgan fingerprint density at radius 3 is 3.05 bits per heavy atom. The number of Topliss-reactive ketones (excluding diaryl/α,β-unsaturated/α-hetero) is 1. The molecule has 1 aliphatic carbocycles. The van der Waals surface area contributed by atoms with Gasteiger partial charge in [-0.1, -0.05) is 16.8 Å². The number of benzene rings is 1. The van der Waals surface area contributed by atoms with Crippen LogP contribution in [0.1, 0.15) is 28.5 Å². The minimum atomic E-state index is -0.604. The van der Waals surface area contributed by atoms with Gasteiger partial charge in [0.2, 0.25) is 0 Å². The SMILES string of the molecule is O=C(c1cc(Cl)c2oc(=O)[nH]c2c1)[C@H]1C[C@@H]1c1nn[nH]n1. The van der Waals surface area contributed by atoms with Gasteiger partial charge in [-0.15, -0.1) is 10.2 Å². The number of fused-ring (bicyclic) bond motifs is 1. The Morgan fingerprint density at radius 1 is 1.43 bits per heavy atom. The van der Waals surface area contributed by atoms with Gasteiger partial charge in [0.1, 0.15) is 0 Å². The number of hydrogen-bond acceptors (Lipinski definition) is 6. The van der Waals surface area contributed by atoms with Crippen LogP contribution >= 0.6 is 11.6 Å². The molecule has 2 aromatic heterocycles. The first-order chi connectivity index (χ1) is 10.1. The van der Waals surface area contributed by atoms with E-state index in [4.69, 9.17) is 16.0 Å². The molecule has 21 heavy (non-hydrogen) atoms. The molecule has 106 valence electrons. The van der Waals surface area contributed by atoms with Gasteiger partial charge >= 0.3 is 5.76 Å². The van der Waals surface area contributed by atoms with E-state index < -0.39 is 5.76 Å². The molecule has 1 aliphatic rings. The molecule has 2 atom stereocenters. The molecule has 0 bridgehead atoms. The maximum Gasteiger partial charge on any atom is 0.417 e. The maximum atomic E-state index is 12.4. The van der Waals surface area contributed by atoms with E-state index in [2.05, 4.69) is 25.6 Å². The number of aromatic nitrogens is 5. The maximum absolute atomic E-state index is 12.4. The zero-order valence-corrected chi connectivity index (χ0v) is 11.2. The number of carbonyl (C=O) groups is 1. The molecule has 0 unspecified atom stereocenters. The summed E-state index contributed by atoms with van der Waals surface area (Å²) in [7, 11) is 0. The van der Waals surface area contributed by atoms with Crippen LogP contribution in [-0.4, -0.2) is 31.4 Å². The van der Waals surface area contributed by atoms with E-state index in [0.29, 0.717) is 23.3 Å². The van der Waals surface area contributed by atoms with Gasteiger partial charge in [-0.2, -0.15) is 5.21 Å². The first-order valence-electron chi connectivity index (χ1n) is 6.23. The number of rotatable bonds is 3. The van der Waals surface area contributed by atoms with Gasteiger partial charge in [-0.05, 0) is 18.6 Å². The molecule has 2 heterocycles. The number of H-pyrrole nitrogens is 2. The second-order valence-electron chi connectivity index (χ2n) is 4.93. The lowest BCUT2D eigenvalue weighted by Gasteiger charge is -2.00. The third kappa shape index (κ3) is 1.95. The minimum Gasteiger partial charge on any atom is -0.406 e. The van der Waals surface area contributed by atoms with Crippen LogP contribution in [0, 0.1) is 5.92 Å². The Balaban J connectivity index is 1.68. The second-order valence-corrected chi connectivity index (χ2v) is 5.34. The summed E-state index contributed by atoms with van der Waals surface area (Å²) in [5, 5.41) is 13.9. The molecule has 0 aliphatic heterocycles. The van der Waals surface area contributed by atoms with Gasteiger partial charge < -0.3 is 4.42 Å². The number of carbonyl (C=O) groups excluding carboxylic acids is 1. The van der Waals surface area contributed by atoms with Gasteiger partial charge in [-0.25, -0.2) is 4.79 Å². The third-order valence-electron chi connectivity index (χ3n) is 3.58. The first kappa shape index (κ1) is 12.3. The van der Waals surface area contributed by atoms with E-state index in [0.717, 1.165) is 0 Å². The number of hydrogen-bond donors (Lipinski definition) is 2. The highest BCUT2D eigenvalue weighted by atomic mass is 35.5. The van der Waals surface area contributed by atoms with Crippen molar-refractivity contribution in [2.24, 2.45) is 5.92 Å². The molecule has 0 saturated heterocycles. The van der Waals surface area contributed by atoms with Crippen LogP contribution in [0.15, 0.2) is 21.3 Å². The van der Waals surface area contributed by atoms with E-state index in [1.807, 2.05) is 0 Å². The highest BCUT2D eigenvalue weighted by Crippen LogP contribution is 2.47. The molecule has 1 fully saturated rings. The van der Waals surface area contributed by atoms with Crippen molar-refractivity contribution in [3.05, 3.63) is 39.1 Å². The number of nitrogens with zero attached hydrogens (tertiary/aromatic N) is 3. The zero-order valence-electron chi connectivity index (χ0n) is 10.5. The lowest BCUT2D eigenvalue weighted by Crippen LogP contribution is -2.04. The van der Waals surface area contributed by atoms with Crippen molar-refractivity contribution >= 4 is 28.5 Å². The molecule has 9 heteroatoms. The Kier molecular flexibility index (Phi) is 2.49. The van der Waals surface area contributed by atoms with Crippen LogP contribution in [0.25, 0.3) is 11.1 Å². The molecule has 3 aromatic rings. The summed E-state index contributed by atoms with van der Waals surface area (Å²) in [6.45, 7) is 0. The molecule has 0 radical (unpaired) electrons. The van der Waals surface area contributed by atoms with E-state index >= 15 is 0 Å². The van der Waals surface area contributed by atoms with E-state index in [9.17, 15) is 9.59 Å². The number of tetrazole rings is 1. The van der Waals surface area contributed by atoms with Crippen LogP contribution in [-0.2, 0) is 0 Å². The Bertz CT molecular complexity index is 897. The summed E-state index contributed by atoms with van der Waals surface area (Å²) >= 11 is 6.04. The molecular weight excluding hydrogens is 298 g/mol. The number of aromatic amines is 2. The van der Waals surface area contributed by atoms with Gasteiger partial charge in [0.15, 0.2) is 17.2 Å². The standard InChI is InChI=1S/C12H8ClN5O3/c13-7-1-4(2-8-10(7)21-12(20)14-8)9(19)5-3-6(5)11-15-17-18-16-11/h1-2,5-6H,3H2,(H,14,20)(H,15,16,17,18)/t5-,6-/m0/s1. The average molecular weight is 306 g/mol. The van der Waals surface area contributed by atoms with Crippen molar-refractivity contribution in [2.45, 2.75) is 12.3 Å². The molecule has 0 amide bonds. The topological polar surface area (TPSA) is 118 Å². The number of nitrogens with one attached hydrogen (secondary N) is 2. The smallest absolute Gasteiger partial charge is 0.406 e. The summed E-state index contributed by atoms with van der Waals surface area (Å²) in [4.78, 5) is 26.1. The summed E-state index contributed by atoms with van der Waals surface area (Å²) in [5.74, 6) is -0.329. The normalized spacial score (nSPS) is 20.8. The largest absolute Gasteiger partial charge is 0.417 e. The predicted molar refractivity (Wildman–Crippen MR) is 71.2 cm³/mol. The van der Waals surface area contributed by atoms with Gasteiger partial charge in [0.05, 0.1) is 10.5 Å². The quantitative estimate of drug-likeness (QED) is 0.704. The number of ketones is 1. The van der Waals surface area contributed by atoms with Crippen LogP contribution in [0.2, 0.25) is 5.02 Å². The monoisotopic (exact) mass is 305 g/mol. The molecule has 1 aromatic carbocycles. The van der Waals surface area contributed by atoms with E-state index in [1.54, 1.807) is 6.07 Å². The van der Waals surface area contributed by atoms with Gasteiger partial charge in [0, 0.05) is 17.4 Å². The highest BCUT2D eigenvalue weighted by Gasteiger charge is 2.46. The van der Waals surface area contributed by atoms with Crippen LogP contribution < -0.4 is 5.76 Å². The highest BCUT2D eigenvalue weighted by molar-refractivity contribution is 6.35. The minimum absolute atomic E-state index is 0.0193. The van der Waals surface area contributed by atoms with Gasteiger partial charge in [0.25, 0.3) is 0 Å². The average Bonchev–Trinajstić information content (AvgIpc) is 2.89. The van der Waals surface area contributed by atoms with E-state index in [1.165, 1.54) is 6.07 Å². The lowest BCUT2D eigenvalue weighted by molar-refractivity contribution is 0.0965. The van der Waals surface area contributed by atoms with Crippen molar-refractivity contribution in [2.75, 3.05) is 0 Å². The zero-order chi connectivity index (χ0) is 14.6. The van der Waals surface area contributed by atoms with Crippen LogP contribution in [0.3, 0.4) is 0 Å². The summed E-state index contributed by atoms with van der Waals surface area (Å²) in [6.07, 6.45) is 0.677. The fourth-order valence-corrected chi connectivity index (χ4v) is 2.73. The Morgan fingerprint density at radius 2 is 2.29 bits per heavy atom. The summed E-state index contributed by atoms with van der Waals surface area (Å²) in [6, 6.07) is 3.08. The van der Waals surface area contributed by atoms with Crippen molar-refractivity contribution in [3.63, 3.8) is 0 Å². The van der Waals surface area contributed by atoms with E-state index in [-0.39, 0.29) is 28.2 Å². The molecule has 1 saturated carbocycles. The predicted octanol–water partition coefficient (Wildman–Crippen LogP) is 1.27. The van der Waals surface area contributed by atoms with Crippen molar-refractivity contribution < 1.29 is 9.21 Å². The fourth-order valence-electron chi connectivity index (χ4n) is 2.47. The molecule has 2 N–H and O–H groups in total. The van der Waals surface area contributed by atoms with Crippen molar-refractivity contribution in [1.29, 1.82) is 0 Å².